The predicted molar refractivity (Wildman–Crippen MR) is 334 cm³/mol. The van der Waals surface area contributed by atoms with Gasteiger partial charge in [0.25, 0.3) is 32.2 Å². The number of carbonyl (C=O) groups excluding carboxylic acids is 4. The van der Waals surface area contributed by atoms with Gasteiger partial charge < -0.3 is 28.0 Å². The highest BCUT2D eigenvalue weighted by Crippen LogP contribution is 2.52. The van der Waals surface area contributed by atoms with Crippen LogP contribution in [0.5, 0.6) is 11.5 Å². The van der Waals surface area contributed by atoms with E-state index in [-0.39, 0.29) is 77.5 Å². The molecule has 0 N–H and O–H groups in total. The Bertz CT molecular complexity index is 3600. The maximum Gasteiger partial charge on any atom is 0.278 e. The van der Waals surface area contributed by atoms with Crippen LogP contribution in [0.25, 0.3) is 11.2 Å². The van der Waals surface area contributed by atoms with Crippen molar-refractivity contribution >= 4 is 49.1 Å². The van der Waals surface area contributed by atoms with E-state index in [0.29, 0.717) is 17.9 Å². The largest absolute Gasteiger partial charge is 0.497 e. The number of hydrogen-bond donors (Lipinski definition) is 0. The Morgan fingerprint density at radius 1 is 0.685 bits per heavy atom. The lowest BCUT2D eigenvalue weighted by molar-refractivity contribution is -0.293. The van der Waals surface area contributed by atoms with Gasteiger partial charge in [0.15, 0.2) is 29.3 Å². The SMILES string of the molecule is CCCCCCN(O[C@@H]1[C@H](OP(OCCC#N)N(C(C)C)C(C)C)[C@@H](COC(c2ccccc2)(c2ccc(OC)cc2)c2ccc(OC)cc2)O[C@H]1n1cnc2c(N(C(=O)c3ccccc3)C(=O)c3ccccc3)ncnc21)N1C(=O)c2ccccc2C1=O. The molecule has 6 aromatic carbocycles. The molecular formula is C68H72N9O11P. The minimum atomic E-state index is -2.11. The molecule has 0 radical (unpaired) electrons. The third kappa shape index (κ3) is 13.4. The van der Waals surface area contributed by atoms with Crippen LogP contribution in [0.2, 0.25) is 0 Å². The Balaban J connectivity index is 1.19. The monoisotopic (exact) mass is 1220 g/mol. The molecule has 0 spiro atoms. The maximum atomic E-state index is 14.8. The molecule has 2 aliphatic rings. The Kier molecular flexibility index (Phi) is 20.8. The molecule has 8 aromatic rings. The van der Waals surface area contributed by atoms with Gasteiger partial charge in [-0.25, -0.2) is 24.5 Å². The number of imide groups is 2. The van der Waals surface area contributed by atoms with Crippen LogP contribution < -0.4 is 14.4 Å². The van der Waals surface area contributed by atoms with Crippen molar-refractivity contribution in [2.24, 2.45) is 0 Å². The molecule has 10 rings (SSSR count). The first-order valence-corrected chi connectivity index (χ1v) is 30.9. The average Bonchev–Trinajstić information content (AvgIpc) is 1.77. The van der Waals surface area contributed by atoms with Crippen LogP contribution in [-0.2, 0) is 29.0 Å². The zero-order chi connectivity index (χ0) is 62.6. The van der Waals surface area contributed by atoms with E-state index in [2.05, 4.69) is 22.6 Å². The van der Waals surface area contributed by atoms with Gasteiger partial charge in [0, 0.05) is 29.8 Å². The van der Waals surface area contributed by atoms with Crippen molar-refractivity contribution in [3.05, 3.63) is 215 Å². The molecule has 1 saturated heterocycles. The topological polar surface area (TPSA) is 213 Å². The zero-order valence-corrected chi connectivity index (χ0v) is 51.7. The molecule has 0 bridgehead atoms. The van der Waals surface area contributed by atoms with Crippen LogP contribution in [-0.4, -0.2) is 122 Å². The first-order valence-electron chi connectivity index (χ1n) is 29.8. The summed E-state index contributed by atoms with van der Waals surface area (Å²) in [5.41, 5.74) is 1.84. The highest BCUT2D eigenvalue weighted by molar-refractivity contribution is 7.44. The molecule has 4 amide bonds. The molecule has 21 heteroatoms. The minimum Gasteiger partial charge on any atom is -0.497 e. The maximum absolute atomic E-state index is 14.8. The number of benzene rings is 6. The number of amides is 4. The van der Waals surface area contributed by atoms with Crippen LogP contribution in [0.3, 0.4) is 0 Å². The number of nitrogens with zero attached hydrogens (tertiary/aromatic N) is 9. The normalized spacial score (nSPS) is 17.0. The summed E-state index contributed by atoms with van der Waals surface area (Å²) < 4.78 is 44.3. The van der Waals surface area contributed by atoms with E-state index >= 15 is 0 Å². The van der Waals surface area contributed by atoms with Gasteiger partial charge in [0.05, 0.1) is 57.4 Å². The summed E-state index contributed by atoms with van der Waals surface area (Å²) >= 11 is 0. The average molecular weight is 1220 g/mol. The lowest BCUT2D eigenvalue weighted by atomic mass is 9.80. The molecule has 2 aromatic heterocycles. The van der Waals surface area contributed by atoms with E-state index in [9.17, 15) is 24.4 Å². The van der Waals surface area contributed by atoms with Crippen LogP contribution >= 0.6 is 8.53 Å². The number of fused-ring (bicyclic) bond motifs is 2. The van der Waals surface area contributed by atoms with Gasteiger partial charge in [-0.3, -0.25) is 28.6 Å². The summed E-state index contributed by atoms with van der Waals surface area (Å²) in [6.45, 7) is 10.0. The van der Waals surface area contributed by atoms with Crippen molar-refractivity contribution in [1.29, 1.82) is 5.26 Å². The summed E-state index contributed by atoms with van der Waals surface area (Å²) in [7, 11) is 1.10. The van der Waals surface area contributed by atoms with Crippen LogP contribution in [0.1, 0.15) is 131 Å². The Morgan fingerprint density at radius 3 is 1.75 bits per heavy atom. The number of methoxy groups -OCH3 is 2. The van der Waals surface area contributed by atoms with Crippen molar-refractivity contribution in [3.8, 4) is 17.6 Å². The van der Waals surface area contributed by atoms with E-state index < -0.39 is 62.3 Å². The molecule has 460 valence electrons. The summed E-state index contributed by atoms with van der Waals surface area (Å²) in [4.78, 5) is 81.8. The second-order valence-electron chi connectivity index (χ2n) is 21.9. The number of unbranched alkanes of at least 4 members (excludes halogenated alkanes) is 3. The Morgan fingerprint density at radius 2 is 1.22 bits per heavy atom. The summed E-state index contributed by atoms with van der Waals surface area (Å²) in [5, 5.41) is 12.2. The fraction of sp³-hybridized carbons (Fsp3) is 0.324. The van der Waals surface area contributed by atoms with Gasteiger partial charge in [-0.05, 0) is 111 Å². The van der Waals surface area contributed by atoms with Gasteiger partial charge in [-0.2, -0.15) is 10.3 Å². The molecule has 0 saturated carbocycles. The summed E-state index contributed by atoms with van der Waals surface area (Å²) in [6, 6.07) is 50.3. The molecule has 5 atom stereocenters. The lowest BCUT2D eigenvalue weighted by Crippen LogP contribution is -2.52. The number of ether oxygens (including phenoxy) is 4. The molecule has 2 aliphatic heterocycles. The van der Waals surface area contributed by atoms with E-state index in [1.54, 1.807) is 104 Å². The molecule has 4 heterocycles. The number of carbonyl (C=O) groups is 4. The number of hydrogen-bond acceptors (Lipinski definition) is 17. The zero-order valence-electron chi connectivity index (χ0n) is 50.8. The van der Waals surface area contributed by atoms with E-state index in [1.165, 1.54) is 17.8 Å². The lowest BCUT2D eigenvalue weighted by Gasteiger charge is -2.40. The van der Waals surface area contributed by atoms with Crippen molar-refractivity contribution in [3.63, 3.8) is 0 Å². The molecule has 1 unspecified atom stereocenters. The minimum absolute atomic E-state index is 0.0122. The molecule has 89 heavy (non-hydrogen) atoms. The number of aromatic nitrogens is 4. The quantitative estimate of drug-likeness (QED) is 0.0147. The van der Waals surface area contributed by atoms with Gasteiger partial charge in [-0.1, -0.05) is 134 Å². The van der Waals surface area contributed by atoms with Crippen molar-refractivity contribution in [2.45, 2.75) is 109 Å². The first kappa shape index (κ1) is 63.4. The van der Waals surface area contributed by atoms with Crippen molar-refractivity contribution in [1.82, 2.24) is 34.4 Å². The van der Waals surface area contributed by atoms with Crippen molar-refractivity contribution < 1.29 is 52.0 Å². The number of nitriles is 1. The summed E-state index contributed by atoms with van der Waals surface area (Å²) in [6.07, 6.45) is 0.733. The van der Waals surface area contributed by atoms with Crippen molar-refractivity contribution in [2.75, 3.05) is 38.9 Å². The van der Waals surface area contributed by atoms with Gasteiger partial charge in [0.1, 0.15) is 35.6 Å². The number of hydrazine groups is 1. The van der Waals surface area contributed by atoms with Crippen LogP contribution in [0.4, 0.5) is 5.82 Å². The van der Waals surface area contributed by atoms with Crippen LogP contribution in [0.15, 0.2) is 176 Å². The first-order chi connectivity index (χ1) is 43.3. The van der Waals surface area contributed by atoms with E-state index in [0.717, 1.165) is 45.9 Å². The molecule has 1 fully saturated rings. The highest BCUT2D eigenvalue weighted by atomic mass is 31.2. The Hall–Kier alpha value is -8.61. The third-order valence-electron chi connectivity index (χ3n) is 15.5. The molecule has 0 aliphatic carbocycles. The number of imidazole rings is 1. The fourth-order valence-electron chi connectivity index (χ4n) is 11.3. The summed E-state index contributed by atoms with van der Waals surface area (Å²) in [5.74, 6) is -1.39. The molecule has 20 nitrogen and oxygen atoms in total. The van der Waals surface area contributed by atoms with Gasteiger partial charge in [0.2, 0.25) is 0 Å². The van der Waals surface area contributed by atoms with E-state index in [4.69, 9.17) is 42.8 Å². The van der Waals surface area contributed by atoms with Gasteiger partial charge >= 0.3 is 0 Å². The van der Waals surface area contributed by atoms with Gasteiger partial charge in [-0.15, -0.1) is 0 Å². The number of anilines is 1. The predicted octanol–water partition coefficient (Wildman–Crippen LogP) is 12.3. The molecular weight excluding hydrogens is 1150 g/mol. The second kappa shape index (κ2) is 29.1. The highest BCUT2D eigenvalue weighted by Gasteiger charge is 2.54. The third-order valence-corrected chi connectivity index (χ3v) is 17.6. The number of hydroxylamine groups is 1. The second-order valence-corrected chi connectivity index (χ2v) is 23.3. The Labute approximate surface area is 519 Å². The number of rotatable bonds is 28. The smallest absolute Gasteiger partial charge is 0.278 e. The van der Waals surface area contributed by atoms with E-state index in [1.807, 2.05) is 107 Å². The standard InChI is InChI=1S/C68H72N9O11P/c1-8-9-10-22-41-74(76-65(80)55-30-20-21-31-56(55)66(76)81)87-60-59(88-89(85-42-23-40-69)77(46(2)3)47(4)5)57(43-84-68(50-28-18-13-19-29-50,51-32-36-53(82-6)37-33-51)52-34-38-54(83-7)39-35-52)86-67(60)73-45-72-58-61(73)70-44-71-62(58)75(63(78)48-24-14-11-15-25-48)64(79)49-26-16-12-17-27-49/h11-21,24-39,44-47,57,59-60,67H,8-10,22-23,41-43H2,1-7H3/t57-,59-,60-,67-,89?/m1/s1. The van der Waals surface area contributed by atoms with Crippen LogP contribution in [0, 0.1) is 11.3 Å². The fourth-order valence-corrected chi connectivity index (χ4v) is 13.0.